The summed E-state index contributed by atoms with van der Waals surface area (Å²) in [5.41, 5.74) is 7.90. The monoisotopic (exact) mass is 398 g/mol. The van der Waals surface area contributed by atoms with Gasteiger partial charge in [-0.15, -0.1) is 0 Å². The molecule has 1 unspecified atom stereocenters. The minimum absolute atomic E-state index is 0.130. The standard InChI is InChI=1S/C20H26N6O3/c1-14-12-26(13-17(29-14)20(27)25-6-2-9-28-10-5-21)16-4-3-15(11-22)18-19(16)24-8-7-23-18/h3-4,7-8,14,17H,2,5-6,9-10,12-13,21H2,1H3,(H,25,27)/t14?,17-/m1/s1. The Bertz CT molecular complexity index is 884. The summed E-state index contributed by atoms with van der Waals surface area (Å²) in [6.07, 6.45) is 3.17. The molecule has 1 aliphatic heterocycles. The van der Waals surface area contributed by atoms with Crippen molar-refractivity contribution >= 4 is 22.6 Å². The number of nitrogens with one attached hydrogen (secondary N) is 1. The Balaban J connectivity index is 1.68. The first-order valence-corrected chi connectivity index (χ1v) is 9.73. The molecule has 3 rings (SSSR count). The van der Waals surface area contributed by atoms with Gasteiger partial charge >= 0.3 is 0 Å². The zero-order valence-corrected chi connectivity index (χ0v) is 16.5. The fourth-order valence-corrected chi connectivity index (χ4v) is 3.37. The largest absolute Gasteiger partial charge is 0.380 e. The van der Waals surface area contributed by atoms with Crippen LogP contribution < -0.4 is 16.0 Å². The van der Waals surface area contributed by atoms with Crippen molar-refractivity contribution in [1.82, 2.24) is 15.3 Å². The Morgan fingerprint density at radius 1 is 1.34 bits per heavy atom. The number of nitrogens with zero attached hydrogens (tertiary/aromatic N) is 4. The SMILES string of the molecule is CC1CN(c2ccc(C#N)c3nccnc23)C[C@H](C(=O)NCCCOCCN)O1. The molecule has 154 valence electrons. The Morgan fingerprint density at radius 2 is 2.14 bits per heavy atom. The number of rotatable bonds is 8. The minimum Gasteiger partial charge on any atom is -0.380 e. The van der Waals surface area contributed by atoms with Crippen molar-refractivity contribution in [1.29, 1.82) is 5.26 Å². The van der Waals surface area contributed by atoms with Crippen LogP contribution in [0.15, 0.2) is 24.5 Å². The zero-order valence-electron chi connectivity index (χ0n) is 16.5. The van der Waals surface area contributed by atoms with Crippen LogP contribution in [0.25, 0.3) is 11.0 Å². The van der Waals surface area contributed by atoms with Crippen molar-refractivity contribution in [3.63, 3.8) is 0 Å². The van der Waals surface area contributed by atoms with Gasteiger partial charge in [-0.05, 0) is 25.5 Å². The van der Waals surface area contributed by atoms with E-state index >= 15 is 0 Å². The number of fused-ring (bicyclic) bond motifs is 1. The maximum Gasteiger partial charge on any atom is 0.251 e. The number of anilines is 1. The lowest BCUT2D eigenvalue weighted by Crippen LogP contribution is -2.53. The third-order valence-corrected chi connectivity index (χ3v) is 4.64. The topological polar surface area (TPSA) is 126 Å². The maximum atomic E-state index is 12.6. The number of carbonyl (C=O) groups is 1. The van der Waals surface area contributed by atoms with E-state index in [2.05, 4.69) is 26.3 Å². The highest BCUT2D eigenvalue weighted by atomic mass is 16.5. The molecule has 1 saturated heterocycles. The summed E-state index contributed by atoms with van der Waals surface area (Å²) in [7, 11) is 0. The van der Waals surface area contributed by atoms with Crippen molar-refractivity contribution in [3.05, 3.63) is 30.1 Å². The van der Waals surface area contributed by atoms with Crippen molar-refractivity contribution in [2.45, 2.75) is 25.6 Å². The Hall–Kier alpha value is -2.80. The van der Waals surface area contributed by atoms with Crippen molar-refractivity contribution in [3.8, 4) is 6.07 Å². The molecule has 9 nitrogen and oxygen atoms in total. The second-order valence-electron chi connectivity index (χ2n) is 6.88. The highest BCUT2D eigenvalue weighted by Crippen LogP contribution is 2.28. The van der Waals surface area contributed by atoms with E-state index in [1.54, 1.807) is 18.5 Å². The molecule has 0 radical (unpaired) electrons. The molecule has 3 N–H and O–H groups in total. The van der Waals surface area contributed by atoms with Crippen LogP contribution in [0.4, 0.5) is 5.69 Å². The first-order chi connectivity index (χ1) is 14.1. The fraction of sp³-hybridized carbons (Fsp3) is 0.500. The molecule has 2 aromatic rings. The summed E-state index contributed by atoms with van der Waals surface area (Å²) in [5, 5.41) is 12.2. The lowest BCUT2D eigenvalue weighted by molar-refractivity contribution is -0.137. The van der Waals surface area contributed by atoms with Gasteiger partial charge in [0.1, 0.15) is 17.1 Å². The van der Waals surface area contributed by atoms with Gasteiger partial charge in [-0.1, -0.05) is 0 Å². The van der Waals surface area contributed by atoms with Crippen LogP contribution in [0.5, 0.6) is 0 Å². The number of morpholine rings is 1. The van der Waals surface area contributed by atoms with Gasteiger partial charge in [-0.2, -0.15) is 5.26 Å². The van der Waals surface area contributed by atoms with Crippen LogP contribution in [0.3, 0.4) is 0 Å². The van der Waals surface area contributed by atoms with E-state index in [1.165, 1.54) is 0 Å². The summed E-state index contributed by atoms with van der Waals surface area (Å²) in [6, 6.07) is 5.75. The Kier molecular flexibility index (Phi) is 7.30. The van der Waals surface area contributed by atoms with Gasteiger partial charge in [0.25, 0.3) is 5.91 Å². The van der Waals surface area contributed by atoms with Crippen LogP contribution in [0.1, 0.15) is 18.9 Å². The molecule has 1 aromatic heterocycles. The van der Waals surface area contributed by atoms with Crippen LogP contribution in [-0.4, -0.2) is 67.5 Å². The quantitative estimate of drug-likeness (QED) is 0.618. The first-order valence-electron chi connectivity index (χ1n) is 9.73. The molecule has 1 fully saturated rings. The van der Waals surface area contributed by atoms with Crippen LogP contribution in [0.2, 0.25) is 0 Å². The Labute approximate surface area is 169 Å². The zero-order chi connectivity index (χ0) is 20.6. The number of carbonyl (C=O) groups excluding carboxylic acids is 1. The molecule has 1 aromatic carbocycles. The van der Waals surface area contributed by atoms with Gasteiger partial charge in [0.15, 0.2) is 6.10 Å². The lowest BCUT2D eigenvalue weighted by Gasteiger charge is -2.37. The molecule has 0 bridgehead atoms. The van der Waals surface area contributed by atoms with E-state index in [-0.39, 0.29) is 12.0 Å². The van der Waals surface area contributed by atoms with Crippen molar-refractivity contribution in [2.75, 3.05) is 44.3 Å². The summed E-state index contributed by atoms with van der Waals surface area (Å²) >= 11 is 0. The first kappa shape index (κ1) is 20.9. The van der Waals surface area contributed by atoms with E-state index in [9.17, 15) is 10.1 Å². The smallest absolute Gasteiger partial charge is 0.251 e. The third-order valence-electron chi connectivity index (χ3n) is 4.64. The number of benzene rings is 1. The maximum absolute atomic E-state index is 12.6. The molecule has 2 atom stereocenters. The molecule has 0 saturated carbocycles. The molecule has 0 spiro atoms. The van der Waals surface area contributed by atoms with Gasteiger partial charge < -0.3 is 25.4 Å². The summed E-state index contributed by atoms with van der Waals surface area (Å²) in [5.74, 6) is -0.149. The molecule has 2 heterocycles. The summed E-state index contributed by atoms with van der Waals surface area (Å²) in [6.45, 7) is 5.04. The van der Waals surface area contributed by atoms with Crippen molar-refractivity contribution in [2.24, 2.45) is 5.73 Å². The third kappa shape index (κ3) is 5.17. The van der Waals surface area contributed by atoms with Gasteiger partial charge in [0, 0.05) is 38.6 Å². The van der Waals surface area contributed by atoms with Gasteiger partial charge in [-0.3, -0.25) is 14.8 Å². The predicted octanol–water partition coefficient (Wildman–Crippen LogP) is 0.577. The van der Waals surface area contributed by atoms with E-state index in [1.807, 2.05) is 13.0 Å². The number of hydrogen-bond donors (Lipinski definition) is 2. The van der Waals surface area contributed by atoms with Crippen molar-refractivity contribution < 1.29 is 14.3 Å². The number of amides is 1. The van der Waals surface area contributed by atoms with E-state index in [4.69, 9.17) is 15.2 Å². The highest BCUT2D eigenvalue weighted by Gasteiger charge is 2.31. The number of nitrogens with two attached hydrogens (primary N) is 1. The minimum atomic E-state index is -0.592. The van der Waals surface area contributed by atoms with Gasteiger partial charge in [0.2, 0.25) is 0 Å². The molecular formula is C20H26N6O3. The molecule has 1 amide bonds. The predicted molar refractivity (Wildman–Crippen MR) is 108 cm³/mol. The average molecular weight is 398 g/mol. The molecule has 9 heteroatoms. The van der Waals surface area contributed by atoms with E-state index < -0.39 is 6.10 Å². The molecular weight excluding hydrogens is 372 g/mol. The van der Waals surface area contributed by atoms with E-state index in [0.29, 0.717) is 62.4 Å². The summed E-state index contributed by atoms with van der Waals surface area (Å²) in [4.78, 5) is 23.4. The van der Waals surface area contributed by atoms with Crippen LogP contribution in [-0.2, 0) is 14.3 Å². The van der Waals surface area contributed by atoms with Crippen LogP contribution >= 0.6 is 0 Å². The Morgan fingerprint density at radius 3 is 2.90 bits per heavy atom. The normalized spacial score (nSPS) is 19.1. The number of ether oxygens (including phenoxy) is 2. The number of aromatic nitrogens is 2. The fourth-order valence-electron chi connectivity index (χ4n) is 3.37. The lowest BCUT2D eigenvalue weighted by atomic mass is 10.1. The number of hydrogen-bond acceptors (Lipinski definition) is 8. The molecule has 1 aliphatic rings. The highest BCUT2D eigenvalue weighted by molar-refractivity contribution is 5.92. The molecule has 29 heavy (non-hydrogen) atoms. The van der Waals surface area contributed by atoms with Crippen LogP contribution in [0, 0.1) is 11.3 Å². The second-order valence-corrected chi connectivity index (χ2v) is 6.88. The summed E-state index contributed by atoms with van der Waals surface area (Å²) < 4.78 is 11.2. The molecule has 0 aliphatic carbocycles. The number of nitriles is 1. The average Bonchev–Trinajstić information content (AvgIpc) is 2.74. The second kappa shape index (κ2) is 10.1. The van der Waals surface area contributed by atoms with Gasteiger partial charge in [-0.25, -0.2) is 0 Å². The van der Waals surface area contributed by atoms with E-state index in [0.717, 1.165) is 5.69 Å². The van der Waals surface area contributed by atoms with Gasteiger partial charge in [0.05, 0.1) is 30.5 Å².